The number of hydrogen-bond acceptors (Lipinski definition) is 16. The van der Waals surface area contributed by atoms with Gasteiger partial charge in [0.05, 0.1) is 57.2 Å². The minimum atomic E-state index is -0.637. The molecule has 0 aromatic heterocycles. The van der Waals surface area contributed by atoms with Crippen LogP contribution in [-0.4, -0.2) is 117 Å². The van der Waals surface area contributed by atoms with Crippen molar-refractivity contribution in [2.75, 3.05) is 67.9 Å². The lowest BCUT2D eigenvalue weighted by atomic mass is 10.1. The molecule has 0 saturated heterocycles. The molecule has 0 radical (unpaired) electrons. The molecule has 0 bridgehead atoms. The Morgan fingerprint density at radius 2 is 1.38 bits per heavy atom. The first-order valence-electron chi connectivity index (χ1n) is 26.9. The predicted molar refractivity (Wildman–Crippen MR) is 320 cm³/mol. The maximum absolute atomic E-state index is 14.1. The molecule has 0 fully saturated rings. The average Bonchev–Trinajstić information content (AvgIpc) is 4.11. The normalized spacial score (nSPS) is 15.2. The van der Waals surface area contributed by atoms with E-state index in [4.69, 9.17) is 29.7 Å². The van der Waals surface area contributed by atoms with Gasteiger partial charge in [0.25, 0.3) is 5.91 Å². The van der Waals surface area contributed by atoms with Crippen LogP contribution in [0.25, 0.3) is 0 Å². The number of amides is 6. The van der Waals surface area contributed by atoms with E-state index in [-0.39, 0.29) is 66.0 Å². The summed E-state index contributed by atoms with van der Waals surface area (Å²) in [6.07, 6.45) is 5.71. The van der Waals surface area contributed by atoms with Crippen LogP contribution in [0.15, 0.2) is 96.0 Å². The Morgan fingerprint density at radius 1 is 0.768 bits per heavy atom. The van der Waals surface area contributed by atoms with Gasteiger partial charge >= 0.3 is 0 Å². The van der Waals surface area contributed by atoms with Crippen molar-refractivity contribution in [3.63, 3.8) is 0 Å². The SMILES string of the molecule is COc1cc2c(cc1OCc1cc(COc3cc(NCC4Cc5ccccc5N4C)c(C=O)cc3OC)cc(NC(=O)CNC(=O)CNC(=O)CNC(=O)CCC(C)(C)SSC(C)CCC(N)=O)c1)N=C[C@@H]1Cc3ccccc3N1C2=O. The number of nitrogens with two attached hydrogens (primary N) is 1. The second kappa shape index (κ2) is 27.5. The number of aldehydes is 1. The minimum Gasteiger partial charge on any atom is -0.493 e. The zero-order valence-corrected chi connectivity index (χ0v) is 48.4. The van der Waals surface area contributed by atoms with Gasteiger partial charge in [-0.15, -0.1) is 0 Å². The number of carbonyl (C=O) groups excluding carboxylic acids is 7. The number of benzene rings is 5. The number of nitrogens with one attached hydrogen (secondary N) is 5. The molecule has 5 aromatic rings. The topological polar surface area (TPSA) is 261 Å². The molecule has 3 atom stereocenters. The van der Waals surface area contributed by atoms with E-state index in [0.29, 0.717) is 94.5 Å². The van der Waals surface area contributed by atoms with Gasteiger partial charge in [-0.3, -0.25) is 43.5 Å². The fourth-order valence-electron chi connectivity index (χ4n) is 9.68. The first-order chi connectivity index (χ1) is 39.4. The summed E-state index contributed by atoms with van der Waals surface area (Å²) in [5.74, 6) is -1.35. The van der Waals surface area contributed by atoms with Crippen LogP contribution >= 0.6 is 21.6 Å². The van der Waals surface area contributed by atoms with E-state index in [1.807, 2.05) is 63.2 Å². The summed E-state index contributed by atoms with van der Waals surface area (Å²) < 4.78 is 24.0. The van der Waals surface area contributed by atoms with Crippen LogP contribution in [0.3, 0.4) is 0 Å². The molecule has 7 N–H and O–H groups in total. The summed E-state index contributed by atoms with van der Waals surface area (Å²) in [6.45, 7) is 5.32. The molecule has 2 unspecified atom stereocenters. The van der Waals surface area contributed by atoms with Crippen molar-refractivity contribution < 1.29 is 52.5 Å². The third kappa shape index (κ3) is 15.6. The van der Waals surface area contributed by atoms with Crippen molar-refractivity contribution in [1.82, 2.24) is 16.0 Å². The lowest BCUT2D eigenvalue weighted by Gasteiger charge is -2.24. The van der Waals surface area contributed by atoms with E-state index >= 15 is 0 Å². The lowest BCUT2D eigenvalue weighted by Crippen LogP contribution is -2.43. The van der Waals surface area contributed by atoms with E-state index in [9.17, 15) is 33.6 Å². The Balaban J connectivity index is 0.909. The van der Waals surface area contributed by atoms with Gasteiger partial charge in [-0.2, -0.15) is 0 Å². The molecule has 0 aliphatic carbocycles. The number of aliphatic imine (C=N–C) groups is 1. The number of para-hydroxylation sites is 2. The number of fused-ring (bicyclic) bond motifs is 5. The zero-order chi connectivity index (χ0) is 58.5. The van der Waals surface area contributed by atoms with E-state index < -0.39 is 30.8 Å². The number of likely N-dealkylation sites (N-methyl/N-ethyl adjacent to an activating group) is 1. The minimum absolute atomic E-state index is 0.0271. The molecule has 22 heteroatoms. The average molecular weight is 1160 g/mol. The van der Waals surface area contributed by atoms with Crippen molar-refractivity contribution >= 4 is 98.0 Å². The van der Waals surface area contributed by atoms with Crippen molar-refractivity contribution in [2.45, 2.75) is 94.6 Å². The number of methoxy groups -OCH3 is 2. The molecule has 432 valence electrons. The molecule has 5 aromatic carbocycles. The Hall–Kier alpha value is -8.24. The third-order valence-corrected chi connectivity index (χ3v) is 18.1. The van der Waals surface area contributed by atoms with Crippen LogP contribution in [0, 0.1) is 0 Å². The van der Waals surface area contributed by atoms with Crippen LogP contribution in [0.2, 0.25) is 0 Å². The van der Waals surface area contributed by atoms with Gasteiger partial charge < -0.3 is 56.2 Å². The van der Waals surface area contributed by atoms with E-state index in [0.717, 1.165) is 29.6 Å². The largest absolute Gasteiger partial charge is 0.493 e. The number of hydrogen-bond donors (Lipinski definition) is 6. The summed E-state index contributed by atoms with van der Waals surface area (Å²) >= 11 is 0. The second-order valence-electron chi connectivity index (χ2n) is 20.8. The maximum Gasteiger partial charge on any atom is 0.261 e. The van der Waals surface area contributed by atoms with Crippen molar-refractivity contribution in [3.8, 4) is 23.0 Å². The number of ether oxygens (including phenoxy) is 4. The predicted octanol–water partition coefficient (Wildman–Crippen LogP) is 7.32. The molecule has 0 spiro atoms. The lowest BCUT2D eigenvalue weighted by molar-refractivity contribution is -0.128. The Bertz CT molecular complexity index is 3250. The second-order valence-corrected chi connectivity index (χ2v) is 24.2. The van der Waals surface area contributed by atoms with Crippen molar-refractivity contribution in [3.05, 3.63) is 124 Å². The number of nitrogens with zero attached hydrogens (tertiary/aromatic N) is 3. The van der Waals surface area contributed by atoms with Gasteiger partial charge in [0.1, 0.15) is 13.2 Å². The van der Waals surface area contributed by atoms with Gasteiger partial charge in [0, 0.05) is 89.5 Å². The summed E-state index contributed by atoms with van der Waals surface area (Å²) in [6, 6.07) is 27.8. The molecule has 6 amide bonds. The summed E-state index contributed by atoms with van der Waals surface area (Å²) in [5.41, 5.74) is 12.9. The van der Waals surface area contributed by atoms with E-state index in [1.54, 1.807) is 69.1 Å². The molecular weight excluding hydrogens is 1090 g/mol. The standard InChI is InChI=1S/C60H69N9O11S2/c1-36(15-16-54(61)71)81-82-60(2,3)18-17-55(72)64-30-56(73)65-31-57(74)66-32-58(75)67-42-20-37(34-79-52-26-46(41(33-70)24-50(52)77-5)62-28-43-22-39-11-7-9-13-48(39)68(43)4)19-38(21-42)35-80-53-27-47-45(25-51(53)78-6)59(76)69-44(29-63-47)23-40-12-8-10-14-49(40)69/h7-14,19-21,24-27,29,33,36,43-44,62H,15-18,22-23,28,30-32,34-35H2,1-6H3,(H2,61,71)(H,64,72)(H,65,73)(H,66,74)(H,67,75)/t36?,43?,44-/m0/s1. The molecule has 3 aliphatic heterocycles. The van der Waals surface area contributed by atoms with Crippen LogP contribution < -0.4 is 61.1 Å². The number of rotatable bonds is 28. The first kappa shape index (κ1) is 59.9. The van der Waals surface area contributed by atoms with Crippen molar-refractivity contribution in [1.29, 1.82) is 0 Å². The molecule has 82 heavy (non-hydrogen) atoms. The smallest absolute Gasteiger partial charge is 0.261 e. The van der Waals surface area contributed by atoms with Gasteiger partial charge in [0.2, 0.25) is 29.5 Å². The highest BCUT2D eigenvalue weighted by atomic mass is 33.1. The first-order valence-corrected chi connectivity index (χ1v) is 29.1. The summed E-state index contributed by atoms with van der Waals surface area (Å²) in [4.78, 5) is 97.7. The van der Waals surface area contributed by atoms with E-state index in [2.05, 4.69) is 50.7 Å². The summed E-state index contributed by atoms with van der Waals surface area (Å²) in [5, 5.41) is 14.1. The fraction of sp³-hybridized carbons (Fsp3) is 0.367. The van der Waals surface area contributed by atoms with E-state index in [1.165, 1.54) is 19.8 Å². The third-order valence-electron chi connectivity index (χ3n) is 14.1. The maximum atomic E-state index is 14.1. The molecule has 20 nitrogen and oxygen atoms in total. The van der Waals surface area contributed by atoms with Crippen LogP contribution in [0.4, 0.5) is 28.4 Å². The van der Waals surface area contributed by atoms with Crippen LogP contribution in [0.5, 0.6) is 23.0 Å². The van der Waals surface area contributed by atoms with Gasteiger partial charge in [-0.25, -0.2) is 0 Å². The summed E-state index contributed by atoms with van der Waals surface area (Å²) in [7, 11) is 8.28. The highest BCUT2D eigenvalue weighted by Crippen LogP contribution is 2.43. The number of carbonyl (C=O) groups is 7. The quantitative estimate of drug-likeness (QED) is 0.0212. The van der Waals surface area contributed by atoms with Crippen LogP contribution in [-0.2, 0) is 50.0 Å². The highest BCUT2D eigenvalue weighted by Gasteiger charge is 2.37. The monoisotopic (exact) mass is 1160 g/mol. The van der Waals surface area contributed by atoms with Crippen LogP contribution in [0.1, 0.15) is 89.4 Å². The van der Waals surface area contributed by atoms with Gasteiger partial charge in [-0.05, 0) is 97.8 Å². The van der Waals surface area contributed by atoms with Gasteiger partial charge in [0.15, 0.2) is 29.3 Å². The Morgan fingerprint density at radius 3 is 2.02 bits per heavy atom. The molecule has 8 rings (SSSR count). The molecule has 3 aliphatic rings. The molecule has 0 saturated carbocycles. The van der Waals surface area contributed by atoms with Crippen molar-refractivity contribution in [2.24, 2.45) is 10.7 Å². The van der Waals surface area contributed by atoms with Gasteiger partial charge in [-0.1, -0.05) is 64.9 Å². The Kier molecular flexibility index (Phi) is 20.1. The zero-order valence-electron chi connectivity index (χ0n) is 46.8. The fourth-order valence-corrected chi connectivity index (χ4v) is 12.3. The number of primary amides is 1. The molecular formula is C60H69N9O11S2. The molecule has 3 heterocycles. The number of anilines is 4. The Labute approximate surface area is 484 Å². The highest BCUT2D eigenvalue weighted by molar-refractivity contribution is 8.77.